The van der Waals surface area contributed by atoms with Crippen molar-refractivity contribution in [2.45, 2.75) is 6.42 Å². The number of thiazole rings is 1. The number of aromatic nitrogens is 3. The van der Waals surface area contributed by atoms with Crippen LogP contribution < -0.4 is 0 Å². The Kier molecular flexibility index (Phi) is 2.55. The van der Waals surface area contributed by atoms with Crippen LogP contribution in [-0.2, 0) is 6.42 Å². The molecule has 3 heterocycles. The van der Waals surface area contributed by atoms with Gasteiger partial charge in [-0.15, -0.1) is 11.3 Å². The van der Waals surface area contributed by atoms with E-state index >= 15 is 0 Å². The average molecular weight is 247 g/mol. The van der Waals surface area contributed by atoms with Crippen molar-refractivity contribution in [2.24, 2.45) is 0 Å². The summed E-state index contributed by atoms with van der Waals surface area (Å²) >= 11 is 3.39. The second kappa shape index (κ2) is 4.19. The Morgan fingerprint density at radius 3 is 3.06 bits per heavy atom. The van der Waals surface area contributed by atoms with E-state index in [1.54, 1.807) is 29.0 Å². The molecule has 3 aromatic heterocycles. The van der Waals surface area contributed by atoms with Crippen LogP contribution in [0.3, 0.4) is 0 Å². The maximum Gasteiger partial charge on any atom is 0.0992 e. The smallest absolute Gasteiger partial charge is 0.0992 e. The van der Waals surface area contributed by atoms with Gasteiger partial charge in [-0.25, -0.2) is 9.97 Å². The van der Waals surface area contributed by atoms with Gasteiger partial charge in [-0.1, -0.05) is 0 Å². The average Bonchev–Trinajstić information content (AvgIpc) is 2.99. The highest BCUT2D eigenvalue weighted by Gasteiger charge is 2.06. The number of hydrogen-bond donors (Lipinski definition) is 1. The second-order valence-electron chi connectivity index (χ2n) is 3.39. The molecule has 0 saturated heterocycles. The Labute approximate surface area is 101 Å². The number of nitrogens with one attached hydrogen (secondary N) is 1. The molecule has 5 heteroatoms. The van der Waals surface area contributed by atoms with Gasteiger partial charge in [0.25, 0.3) is 0 Å². The van der Waals surface area contributed by atoms with Crippen LogP contribution in [-0.4, -0.2) is 15.0 Å². The number of imidazole rings is 1. The molecule has 0 bridgehead atoms. The van der Waals surface area contributed by atoms with E-state index in [4.69, 9.17) is 0 Å². The zero-order valence-corrected chi connectivity index (χ0v) is 10.0. The van der Waals surface area contributed by atoms with Crippen LogP contribution in [0.1, 0.15) is 10.7 Å². The fourth-order valence-electron chi connectivity index (χ4n) is 1.48. The molecule has 0 aliphatic rings. The quantitative estimate of drug-likeness (QED) is 0.772. The molecule has 0 radical (unpaired) electrons. The summed E-state index contributed by atoms with van der Waals surface area (Å²) in [5.74, 6) is 0. The first kappa shape index (κ1) is 9.74. The van der Waals surface area contributed by atoms with Gasteiger partial charge >= 0.3 is 0 Å². The fraction of sp³-hybridized carbons (Fsp3) is 0.0909. The normalized spacial score (nSPS) is 10.8. The van der Waals surface area contributed by atoms with Crippen molar-refractivity contribution >= 4 is 22.7 Å². The highest BCUT2D eigenvalue weighted by atomic mass is 32.1. The molecule has 1 N–H and O–H groups in total. The minimum Gasteiger partial charge on any atom is -0.348 e. The largest absolute Gasteiger partial charge is 0.348 e. The Morgan fingerprint density at radius 1 is 1.31 bits per heavy atom. The molecule has 3 nitrogen and oxygen atoms in total. The number of H-pyrrole nitrogens is 1. The lowest BCUT2D eigenvalue weighted by Gasteiger charge is -1.91. The van der Waals surface area contributed by atoms with E-state index in [0.29, 0.717) is 0 Å². The van der Waals surface area contributed by atoms with Crippen molar-refractivity contribution in [2.75, 3.05) is 0 Å². The second-order valence-corrected chi connectivity index (χ2v) is 5.11. The lowest BCUT2D eigenvalue weighted by atomic mass is 10.3. The summed E-state index contributed by atoms with van der Waals surface area (Å²) in [5.41, 5.74) is 3.38. The monoisotopic (exact) mass is 247 g/mol. The van der Waals surface area contributed by atoms with Gasteiger partial charge in [0.15, 0.2) is 0 Å². The topological polar surface area (TPSA) is 41.6 Å². The molecule has 16 heavy (non-hydrogen) atoms. The van der Waals surface area contributed by atoms with Gasteiger partial charge in [0.1, 0.15) is 0 Å². The van der Waals surface area contributed by atoms with E-state index in [0.717, 1.165) is 22.8 Å². The third kappa shape index (κ3) is 1.91. The van der Waals surface area contributed by atoms with Gasteiger partial charge in [0, 0.05) is 34.6 Å². The maximum absolute atomic E-state index is 4.61. The Bertz CT molecular complexity index is 552. The third-order valence-corrected chi connectivity index (χ3v) is 3.80. The molecular weight excluding hydrogens is 238 g/mol. The Hall–Kier alpha value is -1.46. The van der Waals surface area contributed by atoms with Gasteiger partial charge in [0.2, 0.25) is 0 Å². The zero-order chi connectivity index (χ0) is 10.8. The number of nitrogens with zero attached hydrogens (tertiary/aromatic N) is 2. The highest BCUT2D eigenvalue weighted by Crippen LogP contribution is 2.24. The van der Waals surface area contributed by atoms with Crippen molar-refractivity contribution < 1.29 is 0 Å². The fourth-order valence-corrected chi connectivity index (χ4v) is 2.96. The Morgan fingerprint density at radius 2 is 2.31 bits per heavy atom. The summed E-state index contributed by atoms with van der Waals surface area (Å²) in [7, 11) is 0. The summed E-state index contributed by atoms with van der Waals surface area (Å²) in [6, 6.07) is 2.10. The van der Waals surface area contributed by atoms with Crippen LogP contribution in [0.4, 0.5) is 0 Å². The molecule has 0 aliphatic carbocycles. The van der Waals surface area contributed by atoms with Crippen LogP contribution in [0.2, 0.25) is 0 Å². The van der Waals surface area contributed by atoms with Crippen molar-refractivity contribution in [1.29, 1.82) is 0 Å². The van der Waals surface area contributed by atoms with Crippen LogP contribution in [0.25, 0.3) is 11.3 Å². The van der Waals surface area contributed by atoms with Crippen LogP contribution in [0, 0.1) is 0 Å². The molecule has 3 rings (SSSR count). The van der Waals surface area contributed by atoms with E-state index < -0.39 is 0 Å². The van der Waals surface area contributed by atoms with Crippen molar-refractivity contribution in [3.8, 4) is 11.3 Å². The summed E-state index contributed by atoms with van der Waals surface area (Å²) in [6.07, 6.45) is 4.36. The lowest BCUT2D eigenvalue weighted by molar-refractivity contribution is 1.08. The van der Waals surface area contributed by atoms with Gasteiger partial charge in [-0.3, -0.25) is 0 Å². The summed E-state index contributed by atoms with van der Waals surface area (Å²) in [6.45, 7) is 0. The molecular formula is C11H9N3S2. The first-order chi connectivity index (χ1) is 7.92. The van der Waals surface area contributed by atoms with Gasteiger partial charge in [-0.2, -0.15) is 11.3 Å². The molecule has 0 unspecified atom stereocenters. The van der Waals surface area contributed by atoms with E-state index in [-0.39, 0.29) is 0 Å². The molecule has 0 aliphatic heterocycles. The van der Waals surface area contributed by atoms with Crippen molar-refractivity contribution in [3.63, 3.8) is 0 Å². The van der Waals surface area contributed by atoms with E-state index in [9.17, 15) is 0 Å². The summed E-state index contributed by atoms with van der Waals surface area (Å²) in [5, 5.41) is 7.41. The molecule has 3 aromatic rings. The van der Waals surface area contributed by atoms with Gasteiger partial charge < -0.3 is 4.98 Å². The molecule has 0 aromatic carbocycles. The van der Waals surface area contributed by atoms with Crippen LogP contribution >= 0.6 is 22.7 Å². The van der Waals surface area contributed by atoms with E-state index in [1.807, 2.05) is 6.20 Å². The summed E-state index contributed by atoms with van der Waals surface area (Å²) in [4.78, 5) is 11.7. The predicted octanol–water partition coefficient (Wildman–Crippen LogP) is 3.19. The first-order valence-corrected chi connectivity index (χ1v) is 6.68. The van der Waals surface area contributed by atoms with E-state index in [1.165, 1.54) is 5.56 Å². The Balaban J connectivity index is 1.83. The molecule has 0 amide bonds. The molecule has 0 saturated carbocycles. The maximum atomic E-state index is 4.61. The van der Waals surface area contributed by atoms with Crippen molar-refractivity contribution in [3.05, 3.63) is 45.4 Å². The van der Waals surface area contributed by atoms with Crippen molar-refractivity contribution in [1.82, 2.24) is 15.0 Å². The molecule has 0 atom stereocenters. The molecule has 0 spiro atoms. The van der Waals surface area contributed by atoms with Crippen LogP contribution in [0.5, 0.6) is 0 Å². The third-order valence-electron chi connectivity index (χ3n) is 2.27. The standard InChI is InChI=1S/C11H9N3S2/c1-2-15-5-8(1)10-6-16-11(14-10)3-9-4-12-7-13-9/h1-2,4-7H,3H2,(H,12,13). The van der Waals surface area contributed by atoms with Gasteiger partial charge in [0.05, 0.1) is 17.0 Å². The number of aromatic amines is 1. The minimum atomic E-state index is 0.828. The first-order valence-electron chi connectivity index (χ1n) is 4.86. The zero-order valence-electron chi connectivity index (χ0n) is 8.38. The van der Waals surface area contributed by atoms with E-state index in [2.05, 4.69) is 37.2 Å². The number of thiophene rings is 1. The lowest BCUT2D eigenvalue weighted by Crippen LogP contribution is -1.86. The van der Waals surface area contributed by atoms with Gasteiger partial charge in [-0.05, 0) is 11.4 Å². The number of hydrogen-bond acceptors (Lipinski definition) is 4. The SMILES string of the molecule is c1ncc(Cc2nc(-c3ccsc3)cs2)[nH]1. The molecule has 0 fully saturated rings. The van der Waals surface area contributed by atoms with Crippen LogP contribution in [0.15, 0.2) is 34.7 Å². The minimum absolute atomic E-state index is 0.828. The molecule has 80 valence electrons. The predicted molar refractivity (Wildman–Crippen MR) is 66.8 cm³/mol. The summed E-state index contributed by atoms with van der Waals surface area (Å²) < 4.78 is 0. The number of rotatable bonds is 3. The highest BCUT2D eigenvalue weighted by molar-refractivity contribution is 7.10.